The summed E-state index contributed by atoms with van der Waals surface area (Å²) in [5.74, 6) is 1.14. The van der Waals surface area contributed by atoms with Crippen molar-refractivity contribution in [1.29, 1.82) is 0 Å². The Morgan fingerprint density at radius 3 is 2.88 bits per heavy atom. The monoisotopic (exact) mass is 429 g/mol. The molecule has 4 heterocycles. The average molecular weight is 429 g/mol. The maximum absolute atomic E-state index is 12.8. The Morgan fingerprint density at radius 1 is 1.19 bits per heavy atom. The Balaban J connectivity index is 1.62. The van der Waals surface area contributed by atoms with Gasteiger partial charge in [0.05, 0.1) is 18.2 Å². The van der Waals surface area contributed by atoms with Crippen LogP contribution in [0.4, 0.5) is 0 Å². The highest BCUT2D eigenvalue weighted by atomic mass is 16.7. The minimum absolute atomic E-state index is 0.183. The van der Waals surface area contributed by atoms with Gasteiger partial charge in [-0.1, -0.05) is 24.3 Å². The molecule has 7 heteroatoms. The molecule has 32 heavy (non-hydrogen) atoms. The number of hydrogen-bond donors (Lipinski definition) is 2. The van der Waals surface area contributed by atoms with Gasteiger partial charge in [-0.3, -0.25) is 0 Å². The van der Waals surface area contributed by atoms with Crippen LogP contribution in [0.15, 0.2) is 48.5 Å². The Labute approximate surface area is 184 Å². The smallest absolute Gasteiger partial charge is 0.339 e. The third kappa shape index (κ3) is 2.67. The molecule has 0 saturated carbocycles. The van der Waals surface area contributed by atoms with Crippen molar-refractivity contribution >= 4 is 16.9 Å². The maximum atomic E-state index is 12.8. The molecule has 2 aliphatic heterocycles. The van der Waals surface area contributed by atoms with E-state index in [2.05, 4.69) is 21.7 Å². The fourth-order valence-electron chi connectivity index (χ4n) is 5.01. The van der Waals surface area contributed by atoms with Crippen LogP contribution in [-0.2, 0) is 17.7 Å². The lowest BCUT2D eigenvalue weighted by Gasteiger charge is -2.30. The fourth-order valence-corrected chi connectivity index (χ4v) is 5.01. The second-order valence-corrected chi connectivity index (χ2v) is 8.05. The fraction of sp³-hybridized carbons (Fsp3) is 0.240. The summed E-state index contributed by atoms with van der Waals surface area (Å²) in [5, 5.41) is 1.16. The highest BCUT2D eigenvalue weighted by Gasteiger charge is 2.35. The molecule has 0 amide bonds. The van der Waals surface area contributed by atoms with Gasteiger partial charge in [0.25, 0.3) is 0 Å². The first-order valence-corrected chi connectivity index (χ1v) is 10.8. The Kier molecular flexibility index (Phi) is 4.26. The van der Waals surface area contributed by atoms with Crippen molar-refractivity contribution in [2.75, 3.05) is 13.4 Å². The quantitative estimate of drug-likeness (QED) is 0.423. The van der Waals surface area contributed by atoms with Crippen molar-refractivity contribution in [3.05, 3.63) is 82.3 Å². The van der Waals surface area contributed by atoms with E-state index in [1.165, 1.54) is 5.56 Å². The molecule has 0 bridgehead atoms. The molecule has 0 radical (unpaired) electrons. The summed E-state index contributed by atoms with van der Waals surface area (Å²) in [6.07, 6.45) is 0.620. The zero-order valence-electron chi connectivity index (χ0n) is 17.7. The lowest BCUT2D eigenvalue weighted by molar-refractivity contribution is 0.0525. The number of nitrogens with two attached hydrogens (primary N) is 1. The predicted molar refractivity (Wildman–Crippen MR) is 119 cm³/mol. The highest BCUT2D eigenvalue weighted by Crippen LogP contribution is 2.44. The average Bonchev–Trinajstić information content (AvgIpc) is 3.52. The zero-order chi connectivity index (χ0) is 21.8. The van der Waals surface area contributed by atoms with Crippen LogP contribution in [0.25, 0.3) is 10.9 Å². The largest absolute Gasteiger partial charge is 0.462 e. The first kappa shape index (κ1) is 19.0. The van der Waals surface area contributed by atoms with Gasteiger partial charge >= 0.3 is 5.97 Å². The third-order valence-electron chi connectivity index (χ3n) is 6.36. The Hall–Kier alpha value is -3.71. The normalized spacial score (nSPS) is 16.1. The Morgan fingerprint density at radius 2 is 2.03 bits per heavy atom. The molecule has 4 aromatic rings. The zero-order valence-corrected chi connectivity index (χ0v) is 17.7. The summed E-state index contributed by atoms with van der Waals surface area (Å²) in [5.41, 5.74) is 12.9. The van der Waals surface area contributed by atoms with Crippen LogP contribution in [0.2, 0.25) is 0 Å². The van der Waals surface area contributed by atoms with Gasteiger partial charge in [-0.05, 0) is 42.3 Å². The second-order valence-electron chi connectivity index (χ2n) is 8.05. The molecule has 3 N–H and O–H groups in total. The number of aromatic nitrogens is 2. The number of ether oxygens (including phenoxy) is 3. The van der Waals surface area contributed by atoms with E-state index in [-0.39, 0.29) is 18.8 Å². The van der Waals surface area contributed by atoms with E-state index < -0.39 is 0 Å². The molecular formula is C25H23N3O4. The molecule has 2 aromatic carbocycles. The number of rotatable bonds is 4. The summed E-state index contributed by atoms with van der Waals surface area (Å²) in [6, 6.07) is 16.0. The summed E-state index contributed by atoms with van der Waals surface area (Å²) >= 11 is 0. The molecule has 6 rings (SSSR count). The van der Waals surface area contributed by atoms with Crippen molar-refractivity contribution in [2.45, 2.75) is 25.9 Å². The van der Waals surface area contributed by atoms with Crippen molar-refractivity contribution in [2.24, 2.45) is 5.73 Å². The number of fused-ring (bicyclic) bond motifs is 5. The lowest BCUT2D eigenvalue weighted by atomic mass is 9.91. The molecule has 7 nitrogen and oxygen atoms in total. The van der Waals surface area contributed by atoms with E-state index in [0.717, 1.165) is 45.0 Å². The third-order valence-corrected chi connectivity index (χ3v) is 6.36. The second kappa shape index (κ2) is 7.17. The highest BCUT2D eigenvalue weighted by molar-refractivity contribution is 5.93. The molecule has 1 unspecified atom stereocenters. The van der Waals surface area contributed by atoms with Gasteiger partial charge in [0, 0.05) is 41.0 Å². The number of esters is 1. The van der Waals surface area contributed by atoms with Gasteiger partial charge in [0.1, 0.15) is 0 Å². The van der Waals surface area contributed by atoms with E-state index in [1.807, 2.05) is 43.3 Å². The number of para-hydroxylation sites is 1. The van der Waals surface area contributed by atoms with Crippen LogP contribution in [0.5, 0.6) is 11.5 Å². The maximum Gasteiger partial charge on any atom is 0.339 e. The topological polar surface area (TPSA) is 91.5 Å². The summed E-state index contributed by atoms with van der Waals surface area (Å²) in [4.78, 5) is 16.5. The van der Waals surface area contributed by atoms with Crippen molar-refractivity contribution < 1.29 is 19.0 Å². The number of H-pyrrole nitrogens is 1. The van der Waals surface area contributed by atoms with Crippen LogP contribution in [0.3, 0.4) is 0 Å². The lowest BCUT2D eigenvalue weighted by Crippen LogP contribution is -2.25. The first-order valence-electron chi connectivity index (χ1n) is 10.8. The van der Waals surface area contributed by atoms with E-state index in [4.69, 9.17) is 19.9 Å². The van der Waals surface area contributed by atoms with Gasteiger partial charge in [-0.15, -0.1) is 0 Å². The molecule has 162 valence electrons. The molecule has 2 aromatic heterocycles. The molecule has 0 aliphatic carbocycles. The first-order chi connectivity index (χ1) is 15.7. The van der Waals surface area contributed by atoms with E-state index in [9.17, 15) is 4.79 Å². The van der Waals surface area contributed by atoms with Gasteiger partial charge in [-0.2, -0.15) is 0 Å². The van der Waals surface area contributed by atoms with Crippen LogP contribution < -0.4 is 15.2 Å². The molecule has 0 spiro atoms. The minimum atomic E-state index is -0.316. The van der Waals surface area contributed by atoms with Gasteiger partial charge in [0.2, 0.25) is 6.79 Å². The van der Waals surface area contributed by atoms with Gasteiger partial charge in [-0.25, -0.2) is 4.79 Å². The number of hydrogen-bond acceptors (Lipinski definition) is 5. The van der Waals surface area contributed by atoms with E-state index >= 15 is 0 Å². The predicted octanol–water partition coefficient (Wildman–Crippen LogP) is 3.88. The SMILES string of the molecule is CCOC(=O)c1cc(CN)n2c1Cc1c([nH]c3ccccc13)C2c1ccc2c(c1)OCO2. The van der Waals surface area contributed by atoms with Crippen molar-refractivity contribution in [3.63, 3.8) is 0 Å². The minimum Gasteiger partial charge on any atom is -0.462 e. The number of carbonyl (C=O) groups is 1. The van der Waals surface area contributed by atoms with Gasteiger partial charge in [0.15, 0.2) is 11.5 Å². The van der Waals surface area contributed by atoms with Crippen LogP contribution >= 0.6 is 0 Å². The summed E-state index contributed by atoms with van der Waals surface area (Å²) < 4.78 is 18.7. The molecule has 2 aliphatic rings. The van der Waals surface area contributed by atoms with Crippen molar-refractivity contribution in [1.82, 2.24) is 9.55 Å². The number of nitrogens with one attached hydrogen (secondary N) is 1. The number of benzene rings is 2. The van der Waals surface area contributed by atoms with E-state index in [1.54, 1.807) is 0 Å². The molecular weight excluding hydrogens is 406 g/mol. The van der Waals surface area contributed by atoms with Crippen LogP contribution in [0.1, 0.15) is 51.5 Å². The van der Waals surface area contributed by atoms with Gasteiger partial charge < -0.3 is 29.5 Å². The Bertz CT molecular complexity index is 1370. The number of aromatic amines is 1. The summed E-state index contributed by atoms with van der Waals surface area (Å²) in [6.45, 7) is 2.67. The molecule has 0 saturated heterocycles. The summed E-state index contributed by atoms with van der Waals surface area (Å²) in [7, 11) is 0. The number of nitrogens with zero attached hydrogens (tertiary/aromatic N) is 1. The molecule has 1 atom stereocenters. The van der Waals surface area contributed by atoms with E-state index in [0.29, 0.717) is 25.1 Å². The van der Waals surface area contributed by atoms with Crippen LogP contribution in [-0.4, -0.2) is 28.9 Å². The van der Waals surface area contributed by atoms with Crippen molar-refractivity contribution in [3.8, 4) is 11.5 Å². The van der Waals surface area contributed by atoms with Crippen LogP contribution in [0, 0.1) is 0 Å². The standard InChI is InChI=1S/C25H23N3O4/c1-2-30-25(29)18-10-15(12-26)28-20(18)11-17-16-5-3-4-6-19(16)27-23(17)24(28)14-7-8-21-22(9-14)32-13-31-21/h3-10,24,27H,2,11-13,26H2,1H3. The number of carbonyl (C=O) groups excluding carboxylic acids is 1. The molecule has 0 fully saturated rings.